The summed E-state index contributed by atoms with van der Waals surface area (Å²) in [6.07, 6.45) is 1.84. The summed E-state index contributed by atoms with van der Waals surface area (Å²) in [5.41, 5.74) is 0.787. The number of rotatable bonds is 4. The third-order valence-corrected chi connectivity index (χ3v) is 4.56. The van der Waals surface area contributed by atoms with E-state index >= 15 is 0 Å². The Morgan fingerprint density at radius 1 is 1.20 bits per heavy atom. The lowest BCUT2D eigenvalue weighted by Gasteiger charge is -2.25. The molecule has 1 aromatic rings. The number of carbonyl (C=O) groups is 1. The van der Waals surface area contributed by atoms with Gasteiger partial charge in [-0.05, 0) is 24.3 Å². The van der Waals surface area contributed by atoms with Gasteiger partial charge in [-0.25, -0.2) is 0 Å². The zero-order chi connectivity index (χ0) is 14.3. The second-order valence-corrected chi connectivity index (χ2v) is 6.41. The maximum Gasteiger partial charge on any atom is 0.256 e. The topological polar surface area (TPSA) is 32.7 Å². The van der Waals surface area contributed by atoms with Crippen LogP contribution in [0, 0.1) is 11.8 Å². The molecule has 0 bridgehead atoms. The molecular weight excluding hydrogens is 248 g/mol. The molecule has 3 nitrogen and oxygen atoms in total. The number of carbonyl (C=O) groups excluding carboxylic acids is 1. The normalized spacial score (nSPS) is 21.5. The highest BCUT2D eigenvalue weighted by Gasteiger charge is 2.57. The molecule has 3 heteroatoms. The van der Waals surface area contributed by atoms with Crippen LogP contribution in [0.1, 0.15) is 39.2 Å². The first kappa shape index (κ1) is 13.3. The first-order valence-electron chi connectivity index (χ1n) is 7.49. The molecule has 1 aliphatic heterocycles. The summed E-state index contributed by atoms with van der Waals surface area (Å²) in [6, 6.07) is 10.2. The SMILES string of the molecule is CC(C)C(C)C1=NC2(CC2)C(=O)N1Cc1ccccc1. The second kappa shape index (κ2) is 4.72. The van der Waals surface area contributed by atoms with Gasteiger partial charge in [0.1, 0.15) is 11.4 Å². The van der Waals surface area contributed by atoms with Crippen LogP contribution in [-0.2, 0) is 11.3 Å². The largest absolute Gasteiger partial charge is 0.294 e. The zero-order valence-corrected chi connectivity index (χ0v) is 12.5. The first-order valence-corrected chi connectivity index (χ1v) is 7.49. The fourth-order valence-electron chi connectivity index (χ4n) is 2.69. The molecule has 1 heterocycles. The van der Waals surface area contributed by atoms with Crippen molar-refractivity contribution in [2.45, 2.75) is 45.7 Å². The van der Waals surface area contributed by atoms with E-state index in [1.807, 2.05) is 23.1 Å². The average molecular weight is 270 g/mol. The van der Waals surface area contributed by atoms with Crippen LogP contribution in [0.25, 0.3) is 0 Å². The van der Waals surface area contributed by atoms with Crippen molar-refractivity contribution >= 4 is 11.7 Å². The van der Waals surface area contributed by atoms with Crippen LogP contribution in [-0.4, -0.2) is 22.2 Å². The molecule has 3 rings (SSSR count). The van der Waals surface area contributed by atoms with E-state index in [0.717, 1.165) is 18.7 Å². The summed E-state index contributed by atoms with van der Waals surface area (Å²) in [5, 5.41) is 0. The number of amidine groups is 1. The van der Waals surface area contributed by atoms with Gasteiger partial charge in [-0.1, -0.05) is 51.1 Å². The first-order chi connectivity index (χ1) is 9.53. The van der Waals surface area contributed by atoms with E-state index in [2.05, 4.69) is 32.9 Å². The van der Waals surface area contributed by atoms with Crippen molar-refractivity contribution in [2.75, 3.05) is 0 Å². The monoisotopic (exact) mass is 270 g/mol. The zero-order valence-electron chi connectivity index (χ0n) is 12.5. The molecular formula is C17H22N2O. The minimum atomic E-state index is -0.382. The maximum absolute atomic E-state index is 12.6. The molecule has 0 saturated heterocycles. The summed E-state index contributed by atoms with van der Waals surface area (Å²) >= 11 is 0. The van der Waals surface area contributed by atoms with Gasteiger partial charge in [0.15, 0.2) is 0 Å². The Kier molecular flexibility index (Phi) is 3.15. The number of aliphatic imine (C=N–C) groups is 1. The highest BCUT2D eigenvalue weighted by molar-refractivity contribution is 6.10. The van der Waals surface area contributed by atoms with Crippen LogP contribution < -0.4 is 0 Å². The molecule has 1 amide bonds. The van der Waals surface area contributed by atoms with E-state index in [9.17, 15) is 4.79 Å². The van der Waals surface area contributed by atoms with Gasteiger partial charge < -0.3 is 0 Å². The Hall–Kier alpha value is -1.64. The third-order valence-electron chi connectivity index (χ3n) is 4.56. The van der Waals surface area contributed by atoms with E-state index in [0.29, 0.717) is 18.4 Å². The summed E-state index contributed by atoms with van der Waals surface area (Å²) in [6.45, 7) is 7.21. The van der Waals surface area contributed by atoms with Crippen LogP contribution >= 0.6 is 0 Å². The number of benzene rings is 1. The molecule has 1 unspecified atom stereocenters. The van der Waals surface area contributed by atoms with Gasteiger partial charge in [0, 0.05) is 5.92 Å². The quantitative estimate of drug-likeness (QED) is 0.826. The van der Waals surface area contributed by atoms with Gasteiger partial charge in [-0.3, -0.25) is 14.7 Å². The molecule has 1 spiro atoms. The van der Waals surface area contributed by atoms with Crippen LogP contribution in [0.5, 0.6) is 0 Å². The van der Waals surface area contributed by atoms with Gasteiger partial charge in [0.2, 0.25) is 0 Å². The Morgan fingerprint density at radius 3 is 2.40 bits per heavy atom. The Bertz CT molecular complexity index is 543. The van der Waals surface area contributed by atoms with Gasteiger partial charge >= 0.3 is 0 Å². The van der Waals surface area contributed by atoms with E-state index in [4.69, 9.17) is 4.99 Å². The molecule has 0 radical (unpaired) electrons. The van der Waals surface area contributed by atoms with Gasteiger partial charge in [-0.2, -0.15) is 0 Å². The smallest absolute Gasteiger partial charge is 0.256 e. The molecule has 2 aliphatic rings. The number of amides is 1. The number of hydrogen-bond donors (Lipinski definition) is 0. The van der Waals surface area contributed by atoms with Crippen molar-refractivity contribution in [2.24, 2.45) is 16.8 Å². The predicted molar refractivity (Wildman–Crippen MR) is 80.4 cm³/mol. The Labute approximate surface area is 120 Å². The molecule has 1 fully saturated rings. The van der Waals surface area contributed by atoms with Gasteiger partial charge in [0.25, 0.3) is 5.91 Å². The summed E-state index contributed by atoms with van der Waals surface area (Å²) in [4.78, 5) is 19.4. The number of nitrogens with zero attached hydrogens (tertiary/aromatic N) is 2. The fourth-order valence-corrected chi connectivity index (χ4v) is 2.69. The average Bonchev–Trinajstić information content (AvgIpc) is 3.18. The van der Waals surface area contributed by atoms with E-state index in [-0.39, 0.29) is 11.4 Å². The van der Waals surface area contributed by atoms with Crippen LogP contribution in [0.2, 0.25) is 0 Å². The van der Waals surface area contributed by atoms with Crippen LogP contribution in [0.3, 0.4) is 0 Å². The third kappa shape index (κ3) is 2.15. The molecule has 0 N–H and O–H groups in total. The summed E-state index contributed by atoms with van der Waals surface area (Å²) in [7, 11) is 0. The van der Waals surface area contributed by atoms with Crippen molar-refractivity contribution in [3.8, 4) is 0 Å². The molecule has 1 aromatic carbocycles. The molecule has 0 aromatic heterocycles. The van der Waals surface area contributed by atoms with Crippen molar-refractivity contribution in [3.05, 3.63) is 35.9 Å². The van der Waals surface area contributed by atoms with Gasteiger partial charge in [-0.15, -0.1) is 0 Å². The maximum atomic E-state index is 12.6. The Morgan fingerprint density at radius 2 is 1.85 bits per heavy atom. The molecule has 1 aliphatic carbocycles. The minimum absolute atomic E-state index is 0.212. The molecule has 1 atom stereocenters. The molecule has 106 valence electrons. The molecule has 1 saturated carbocycles. The fraction of sp³-hybridized carbons (Fsp3) is 0.529. The second-order valence-electron chi connectivity index (χ2n) is 6.41. The predicted octanol–water partition coefficient (Wildman–Crippen LogP) is 3.25. The lowest BCUT2D eigenvalue weighted by molar-refractivity contribution is -0.128. The summed E-state index contributed by atoms with van der Waals surface area (Å²) in [5.74, 6) is 2.02. The Balaban J connectivity index is 1.88. The lowest BCUT2D eigenvalue weighted by Crippen LogP contribution is -2.39. The standard InChI is InChI=1S/C17H22N2O/c1-12(2)13(3)15-18-17(9-10-17)16(20)19(15)11-14-7-5-4-6-8-14/h4-8,12-13H,9-11H2,1-3H3. The van der Waals surface area contributed by atoms with E-state index in [1.54, 1.807) is 0 Å². The van der Waals surface area contributed by atoms with Crippen molar-refractivity contribution in [1.82, 2.24) is 4.90 Å². The summed E-state index contributed by atoms with van der Waals surface area (Å²) < 4.78 is 0. The lowest BCUT2D eigenvalue weighted by atomic mass is 9.96. The van der Waals surface area contributed by atoms with Gasteiger partial charge in [0.05, 0.1) is 6.54 Å². The van der Waals surface area contributed by atoms with Crippen molar-refractivity contribution < 1.29 is 4.79 Å². The van der Waals surface area contributed by atoms with Crippen molar-refractivity contribution in [1.29, 1.82) is 0 Å². The molecule has 20 heavy (non-hydrogen) atoms. The van der Waals surface area contributed by atoms with Crippen LogP contribution in [0.15, 0.2) is 35.3 Å². The van der Waals surface area contributed by atoms with Crippen LogP contribution in [0.4, 0.5) is 0 Å². The highest BCUT2D eigenvalue weighted by Crippen LogP contribution is 2.46. The van der Waals surface area contributed by atoms with Crippen molar-refractivity contribution in [3.63, 3.8) is 0 Å². The van der Waals surface area contributed by atoms with E-state index in [1.165, 1.54) is 5.56 Å². The minimum Gasteiger partial charge on any atom is -0.294 e. The highest BCUT2D eigenvalue weighted by atomic mass is 16.2. The number of hydrogen-bond acceptors (Lipinski definition) is 2. The van der Waals surface area contributed by atoms with E-state index < -0.39 is 0 Å².